The normalized spacial score (nSPS) is 12.5. The van der Waals surface area contributed by atoms with Crippen LogP contribution in [-0.4, -0.2) is 31.2 Å². The van der Waals surface area contributed by atoms with Gasteiger partial charge in [-0.3, -0.25) is 4.79 Å². The van der Waals surface area contributed by atoms with Crippen LogP contribution in [0.4, 0.5) is 4.79 Å². The third kappa shape index (κ3) is 7.31. The van der Waals surface area contributed by atoms with Gasteiger partial charge >= 0.3 is 6.09 Å². The van der Waals surface area contributed by atoms with Crippen LogP contribution in [0.2, 0.25) is 0 Å². The fraction of sp³-hybridized carbons (Fsp3) is 0.364. The highest BCUT2D eigenvalue weighted by molar-refractivity contribution is 5.85. The minimum atomic E-state index is -0.662. The van der Waals surface area contributed by atoms with E-state index in [1.165, 1.54) is 0 Å². The molecule has 0 saturated heterocycles. The summed E-state index contributed by atoms with van der Waals surface area (Å²) in [4.78, 5) is 24.7. The first-order valence-corrected chi connectivity index (χ1v) is 9.53. The molecule has 0 heterocycles. The van der Waals surface area contributed by atoms with Gasteiger partial charge in [0.05, 0.1) is 6.54 Å². The Kier molecular flexibility index (Phi) is 8.85. The van der Waals surface area contributed by atoms with E-state index in [4.69, 9.17) is 9.47 Å². The second kappa shape index (κ2) is 11.6. The molecule has 0 saturated carbocycles. The van der Waals surface area contributed by atoms with Crippen molar-refractivity contribution in [3.63, 3.8) is 0 Å². The average Bonchev–Trinajstić information content (AvgIpc) is 2.74. The maximum Gasteiger partial charge on any atom is 0.408 e. The van der Waals surface area contributed by atoms with Gasteiger partial charge in [-0.05, 0) is 23.6 Å². The van der Waals surface area contributed by atoms with Crippen LogP contribution < -0.4 is 15.4 Å². The van der Waals surface area contributed by atoms with Crippen LogP contribution >= 0.6 is 0 Å². The van der Waals surface area contributed by atoms with Crippen LogP contribution in [0.25, 0.3) is 0 Å². The van der Waals surface area contributed by atoms with Gasteiger partial charge in [0.25, 0.3) is 0 Å². The smallest absolute Gasteiger partial charge is 0.408 e. The highest BCUT2D eigenvalue weighted by Gasteiger charge is 2.26. The lowest BCUT2D eigenvalue weighted by molar-refractivity contribution is -0.124. The first kappa shape index (κ1) is 21.3. The Morgan fingerprint density at radius 3 is 2.29 bits per heavy atom. The Bertz CT molecular complexity index is 722. The summed E-state index contributed by atoms with van der Waals surface area (Å²) in [6.07, 6.45) is 0.141. The first-order chi connectivity index (χ1) is 13.6. The second-order valence-electron chi connectivity index (χ2n) is 6.52. The van der Waals surface area contributed by atoms with Gasteiger partial charge in [0.15, 0.2) is 0 Å². The van der Waals surface area contributed by atoms with Crippen LogP contribution in [0.3, 0.4) is 0 Å². The molecular weight excluding hydrogens is 356 g/mol. The van der Waals surface area contributed by atoms with Crippen molar-refractivity contribution in [1.29, 1.82) is 0 Å². The number of carbonyl (C=O) groups is 2. The first-order valence-electron chi connectivity index (χ1n) is 9.53. The van der Waals surface area contributed by atoms with Crippen LogP contribution in [0.1, 0.15) is 25.8 Å². The highest BCUT2D eigenvalue weighted by Crippen LogP contribution is 2.10. The van der Waals surface area contributed by atoms with Crippen LogP contribution in [0.15, 0.2) is 60.7 Å². The van der Waals surface area contributed by atoms with Gasteiger partial charge in [0.2, 0.25) is 5.91 Å². The summed E-state index contributed by atoms with van der Waals surface area (Å²) in [5.74, 6) is 0.472. The molecule has 0 unspecified atom stereocenters. The maximum absolute atomic E-state index is 12.5. The van der Waals surface area contributed by atoms with Crippen LogP contribution in [0.5, 0.6) is 5.75 Å². The van der Waals surface area contributed by atoms with Crippen molar-refractivity contribution < 1.29 is 19.1 Å². The molecule has 0 aliphatic carbocycles. The number of rotatable bonds is 10. The van der Waals surface area contributed by atoms with Gasteiger partial charge in [0.1, 0.15) is 25.0 Å². The van der Waals surface area contributed by atoms with Crippen molar-refractivity contribution in [3.8, 4) is 5.75 Å². The predicted octanol–water partition coefficient (Wildman–Crippen LogP) is 3.52. The number of ether oxygens (including phenoxy) is 2. The third-order valence-corrected chi connectivity index (χ3v) is 4.39. The Morgan fingerprint density at radius 2 is 1.64 bits per heavy atom. The minimum absolute atomic E-state index is 0.0284. The van der Waals surface area contributed by atoms with Gasteiger partial charge in [0, 0.05) is 0 Å². The molecule has 150 valence electrons. The van der Waals surface area contributed by atoms with E-state index < -0.39 is 12.1 Å². The van der Waals surface area contributed by atoms with E-state index in [9.17, 15) is 9.59 Å². The number of nitrogens with one attached hydrogen (secondary N) is 2. The van der Waals surface area contributed by atoms with Crippen molar-refractivity contribution in [2.24, 2.45) is 5.92 Å². The van der Waals surface area contributed by atoms with E-state index in [0.717, 1.165) is 17.7 Å². The van der Waals surface area contributed by atoms with Crippen molar-refractivity contribution in [3.05, 3.63) is 66.2 Å². The number of hydrogen-bond acceptors (Lipinski definition) is 4. The number of hydrogen-bond donors (Lipinski definition) is 2. The summed E-state index contributed by atoms with van der Waals surface area (Å²) in [5, 5.41) is 5.50. The van der Waals surface area contributed by atoms with Gasteiger partial charge in [-0.25, -0.2) is 4.79 Å². The number of benzene rings is 2. The summed E-state index contributed by atoms with van der Waals surface area (Å²) in [5.41, 5.74) is 0.889. The largest absolute Gasteiger partial charge is 0.492 e. The Morgan fingerprint density at radius 1 is 1.00 bits per heavy atom. The number of carbonyl (C=O) groups excluding carboxylic acids is 2. The van der Waals surface area contributed by atoms with Gasteiger partial charge in [-0.15, -0.1) is 0 Å². The van der Waals surface area contributed by atoms with Crippen molar-refractivity contribution in [2.45, 2.75) is 32.9 Å². The van der Waals surface area contributed by atoms with E-state index in [0.29, 0.717) is 13.2 Å². The molecule has 6 nitrogen and oxygen atoms in total. The fourth-order valence-corrected chi connectivity index (χ4v) is 2.56. The summed E-state index contributed by atoms with van der Waals surface area (Å²) in [6, 6.07) is 18.1. The predicted molar refractivity (Wildman–Crippen MR) is 108 cm³/mol. The average molecular weight is 384 g/mol. The molecule has 0 aliphatic heterocycles. The summed E-state index contributed by atoms with van der Waals surface area (Å²) in [6.45, 7) is 4.75. The van der Waals surface area contributed by atoms with Crippen molar-refractivity contribution >= 4 is 12.0 Å². The Labute approximate surface area is 166 Å². The van der Waals surface area contributed by atoms with Crippen LogP contribution in [0, 0.1) is 5.92 Å². The lowest BCUT2D eigenvalue weighted by atomic mass is 9.98. The van der Waals surface area contributed by atoms with Gasteiger partial charge in [-0.1, -0.05) is 68.8 Å². The Balaban J connectivity index is 1.78. The van der Waals surface area contributed by atoms with Gasteiger partial charge in [-0.2, -0.15) is 0 Å². The molecule has 0 aliphatic rings. The van der Waals surface area contributed by atoms with Crippen LogP contribution in [-0.2, 0) is 16.1 Å². The molecule has 2 amide bonds. The molecule has 2 N–H and O–H groups in total. The molecule has 2 atom stereocenters. The monoisotopic (exact) mass is 384 g/mol. The van der Waals surface area contributed by atoms with E-state index in [2.05, 4.69) is 10.6 Å². The summed E-state index contributed by atoms with van der Waals surface area (Å²) in [7, 11) is 0. The zero-order valence-electron chi connectivity index (χ0n) is 16.4. The maximum atomic E-state index is 12.5. The van der Waals surface area contributed by atoms with E-state index >= 15 is 0 Å². The third-order valence-electron chi connectivity index (χ3n) is 4.39. The van der Waals surface area contributed by atoms with Crippen molar-refractivity contribution in [1.82, 2.24) is 10.6 Å². The second-order valence-corrected chi connectivity index (χ2v) is 6.52. The molecule has 2 aromatic rings. The molecule has 0 aromatic heterocycles. The molecule has 6 heteroatoms. The molecule has 0 spiro atoms. The van der Waals surface area contributed by atoms with E-state index in [1.54, 1.807) is 0 Å². The molecule has 2 rings (SSSR count). The fourth-order valence-electron chi connectivity index (χ4n) is 2.56. The number of alkyl carbamates (subject to hydrolysis) is 1. The summed E-state index contributed by atoms with van der Waals surface area (Å²) >= 11 is 0. The zero-order valence-corrected chi connectivity index (χ0v) is 16.4. The Hall–Kier alpha value is -3.02. The topological polar surface area (TPSA) is 76.7 Å². The number of amides is 2. The lowest BCUT2D eigenvalue weighted by Crippen LogP contribution is -2.51. The molecule has 0 radical (unpaired) electrons. The minimum Gasteiger partial charge on any atom is -0.492 e. The zero-order chi connectivity index (χ0) is 20.2. The molecule has 0 bridgehead atoms. The standard InChI is InChI=1S/C22H28N2O4/c1-3-17(2)20(24-22(26)28-16-18-10-6-4-7-11-18)21(25)23-14-15-27-19-12-8-5-9-13-19/h4-13,17,20H,3,14-16H2,1-2H3,(H,23,25)(H,24,26)/t17-,20-/m0/s1. The number of para-hydroxylation sites is 1. The quantitative estimate of drug-likeness (QED) is 0.615. The van der Waals surface area contributed by atoms with E-state index in [1.807, 2.05) is 74.5 Å². The van der Waals surface area contributed by atoms with Crippen molar-refractivity contribution in [2.75, 3.05) is 13.2 Å². The molecule has 0 fully saturated rings. The SMILES string of the molecule is CC[C@H](C)[C@H](NC(=O)OCc1ccccc1)C(=O)NCCOc1ccccc1. The lowest BCUT2D eigenvalue weighted by Gasteiger charge is -2.23. The molecule has 28 heavy (non-hydrogen) atoms. The molecule has 2 aromatic carbocycles. The van der Waals surface area contributed by atoms with E-state index in [-0.39, 0.29) is 18.4 Å². The highest BCUT2D eigenvalue weighted by atomic mass is 16.5. The molecular formula is C22H28N2O4. The van der Waals surface area contributed by atoms with Gasteiger partial charge < -0.3 is 20.1 Å². The summed E-state index contributed by atoms with van der Waals surface area (Å²) < 4.78 is 10.8.